The highest BCUT2D eigenvalue weighted by Gasteiger charge is 2.23. The van der Waals surface area contributed by atoms with Crippen LogP contribution < -0.4 is 5.32 Å². The molecule has 2 rings (SSSR count). The summed E-state index contributed by atoms with van der Waals surface area (Å²) in [4.78, 5) is 19.4. The van der Waals surface area contributed by atoms with Gasteiger partial charge in [-0.25, -0.2) is 9.67 Å². The lowest BCUT2D eigenvalue weighted by atomic mass is 9.98. The summed E-state index contributed by atoms with van der Waals surface area (Å²) < 4.78 is 1.69. The van der Waals surface area contributed by atoms with Gasteiger partial charge in [-0.2, -0.15) is 0 Å². The van der Waals surface area contributed by atoms with Gasteiger partial charge in [0.1, 0.15) is 5.82 Å². The molecule has 2 aromatic rings. The van der Waals surface area contributed by atoms with E-state index in [1.54, 1.807) is 4.68 Å². The third kappa shape index (κ3) is 5.53. The van der Waals surface area contributed by atoms with E-state index in [-0.39, 0.29) is 17.8 Å². The van der Waals surface area contributed by atoms with Crippen molar-refractivity contribution in [2.24, 2.45) is 5.92 Å². The Morgan fingerprint density at radius 1 is 1.30 bits per heavy atom. The summed E-state index contributed by atoms with van der Waals surface area (Å²) in [6.45, 7) is 7.12. The lowest BCUT2D eigenvalue weighted by molar-refractivity contribution is 0.0902. The maximum Gasteiger partial charge on any atom is 0.291 e. The number of halogens is 1. The van der Waals surface area contributed by atoms with Gasteiger partial charge >= 0.3 is 0 Å². The number of amides is 1. The molecular formula is C20H30ClN5O. The molecule has 148 valence electrons. The van der Waals surface area contributed by atoms with E-state index >= 15 is 0 Å². The molecule has 1 heterocycles. The summed E-state index contributed by atoms with van der Waals surface area (Å²) in [5, 5.41) is 8.17. The number of para-hydroxylation sites is 1. The van der Waals surface area contributed by atoms with Crippen LogP contribution in [0.5, 0.6) is 0 Å². The summed E-state index contributed by atoms with van der Waals surface area (Å²) in [6.07, 6.45) is 2.61. The monoisotopic (exact) mass is 391 g/mol. The number of nitrogens with zero attached hydrogens (tertiary/aromatic N) is 4. The first-order valence-electron chi connectivity index (χ1n) is 9.53. The molecule has 1 amide bonds. The van der Waals surface area contributed by atoms with Crippen LogP contribution in [-0.4, -0.2) is 52.3 Å². The van der Waals surface area contributed by atoms with Crippen molar-refractivity contribution in [3.8, 4) is 5.69 Å². The molecule has 0 aliphatic rings. The Morgan fingerprint density at radius 2 is 2.00 bits per heavy atom. The molecule has 0 radical (unpaired) electrons. The van der Waals surface area contributed by atoms with Crippen molar-refractivity contribution < 1.29 is 4.79 Å². The molecule has 0 saturated heterocycles. The van der Waals surface area contributed by atoms with Gasteiger partial charge in [0.25, 0.3) is 5.91 Å². The predicted molar refractivity (Wildman–Crippen MR) is 110 cm³/mol. The highest BCUT2D eigenvalue weighted by molar-refractivity contribution is 6.32. The van der Waals surface area contributed by atoms with E-state index in [1.165, 1.54) is 0 Å². The number of aryl methyl sites for hydroxylation is 1. The Hall–Kier alpha value is -1.92. The Labute approximate surface area is 166 Å². The number of aromatic nitrogens is 3. The minimum Gasteiger partial charge on any atom is -0.345 e. The maximum absolute atomic E-state index is 12.8. The molecule has 0 bridgehead atoms. The third-order valence-corrected chi connectivity index (χ3v) is 4.96. The molecule has 0 aliphatic heterocycles. The van der Waals surface area contributed by atoms with Gasteiger partial charge in [-0.1, -0.05) is 50.9 Å². The second-order valence-corrected chi connectivity index (χ2v) is 7.60. The maximum atomic E-state index is 12.8. The first kappa shape index (κ1) is 21.4. The molecule has 6 nitrogen and oxygen atoms in total. The minimum absolute atomic E-state index is 0.0411. The largest absolute Gasteiger partial charge is 0.345 e. The van der Waals surface area contributed by atoms with Crippen LogP contribution in [-0.2, 0) is 6.42 Å². The molecule has 0 fully saturated rings. The van der Waals surface area contributed by atoms with E-state index in [2.05, 4.69) is 41.1 Å². The zero-order valence-electron chi connectivity index (χ0n) is 16.9. The van der Waals surface area contributed by atoms with E-state index < -0.39 is 0 Å². The fourth-order valence-corrected chi connectivity index (χ4v) is 3.14. The average molecular weight is 392 g/mol. The number of hydrogen-bond donors (Lipinski definition) is 1. The minimum atomic E-state index is -0.245. The van der Waals surface area contributed by atoms with Crippen molar-refractivity contribution >= 4 is 17.5 Å². The number of hydrogen-bond acceptors (Lipinski definition) is 4. The number of nitrogens with one attached hydrogen (secondary N) is 1. The van der Waals surface area contributed by atoms with E-state index in [0.29, 0.717) is 10.9 Å². The fourth-order valence-electron chi connectivity index (χ4n) is 2.92. The van der Waals surface area contributed by atoms with Crippen LogP contribution in [0.15, 0.2) is 24.3 Å². The quantitative estimate of drug-likeness (QED) is 0.709. The predicted octanol–water partition coefficient (Wildman–Crippen LogP) is 3.58. The molecule has 1 N–H and O–H groups in total. The van der Waals surface area contributed by atoms with E-state index in [4.69, 9.17) is 11.6 Å². The molecule has 0 saturated carbocycles. The van der Waals surface area contributed by atoms with Crippen LogP contribution in [0.2, 0.25) is 5.02 Å². The highest BCUT2D eigenvalue weighted by atomic mass is 35.5. The molecule has 2 atom stereocenters. The van der Waals surface area contributed by atoms with Gasteiger partial charge < -0.3 is 10.2 Å². The molecule has 27 heavy (non-hydrogen) atoms. The molecule has 0 unspecified atom stereocenters. The molecular weight excluding hydrogens is 362 g/mol. The van der Waals surface area contributed by atoms with Gasteiger partial charge in [0, 0.05) is 19.0 Å². The average Bonchev–Trinajstić information content (AvgIpc) is 3.04. The molecule has 1 aromatic carbocycles. The first-order chi connectivity index (χ1) is 12.9. The summed E-state index contributed by atoms with van der Waals surface area (Å²) >= 11 is 6.33. The van der Waals surface area contributed by atoms with Gasteiger partial charge in [-0.15, -0.1) is 5.10 Å². The van der Waals surface area contributed by atoms with Crippen molar-refractivity contribution in [2.45, 2.75) is 46.1 Å². The van der Waals surface area contributed by atoms with Crippen LogP contribution in [0.1, 0.15) is 50.1 Å². The van der Waals surface area contributed by atoms with Crippen molar-refractivity contribution in [1.82, 2.24) is 25.0 Å². The number of carbonyl (C=O) groups excluding carboxylic acids is 1. The lowest BCUT2D eigenvalue weighted by Gasteiger charge is -2.26. The number of benzene rings is 1. The Morgan fingerprint density at radius 3 is 2.59 bits per heavy atom. The topological polar surface area (TPSA) is 63.1 Å². The van der Waals surface area contributed by atoms with E-state index in [1.807, 2.05) is 38.4 Å². The Bertz CT molecular complexity index is 759. The SMILES string of the molecule is CCCc1nc(C(=O)N[C@H](CN(C)C)[C@@H](C)CC)nn1-c1ccccc1Cl. The van der Waals surface area contributed by atoms with Crippen molar-refractivity contribution in [3.63, 3.8) is 0 Å². The summed E-state index contributed by atoms with van der Waals surface area (Å²) in [7, 11) is 4.01. The fraction of sp³-hybridized carbons (Fsp3) is 0.550. The molecule has 1 aromatic heterocycles. The van der Waals surface area contributed by atoms with Crippen LogP contribution in [0.4, 0.5) is 0 Å². The summed E-state index contributed by atoms with van der Waals surface area (Å²) in [6, 6.07) is 7.50. The van der Waals surface area contributed by atoms with Crippen LogP contribution in [0, 0.1) is 5.92 Å². The van der Waals surface area contributed by atoms with Gasteiger partial charge in [0.15, 0.2) is 0 Å². The second-order valence-electron chi connectivity index (χ2n) is 7.19. The van der Waals surface area contributed by atoms with Crippen molar-refractivity contribution in [2.75, 3.05) is 20.6 Å². The van der Waals surface area contributed by atoms with Crippen molar-refractivity contribution in [1.29, 1.82) is 0 Å². The standard InChI is InChI=1S/C20H30ClN5O/c1-6-10-18-23-19(24-26(18)17-12-9-8-11-15(17)21)20(27)22-16(13-25(4)5)14(3)7-2/h8-9,11-12,14,16H,6-7,10,13H2,1-5H3,(H,22,27)/t14-,16+/m0/s1. The number of rotatable bonds is 9. The third-order valence-electron chi connectivity index (χ3n) is 4.64. The van der Waals surface area contributed by atoms with E-state index in [0.717, 1.165) is 37.3 Å². The molecule has 0 spiro atoms. The van der Waals surface area contributed by atoms with Gasteiger partial charge in [-0.05, 0) is 38.6 Å². The zero-order chi connectivity index (χ0) is 20.0. The highest BCUT2D eigenvalue weighted by Crippen LogP contribution is 2.21. The molecule has 0 aliphatic carbocycles. The van der Waals surface area contributed by atoms with Crippen LogP contribution in [0.3, 0.4) is 0 Å². The zero-order valence-corrected chi connectivity index (χ0v) is 17.6. The summed E-state index contributed by atoms with van der Waals surface area (Å²) in [5.74, 6) is 1.04. The first-order valence-corrected chi connectivity index (χ1v) is 9.91. The normalized spacial score (nSPS) is 13.6. The molecule has 7 heteroatoms. The van der Waals surface area contributed by atoms with Crippen LogP contribution in [0.25, 0.3) is 5.69 Å². The Balaban J connectivity index is 2.31. The Kier molecular flexibility index (Phi) is 7.80. The van der Waals surface area contributed by atoms with Gasteiger partial charge in [0.2, 0.25) is 5.82 Å². The lowest BCUT2D eigenvalue weighted by Crippen LogP contribution is -2.45. The second kappa shape index (κ2) is 9.85. The number of carbonyl (C=O) groups is 1. The van der Waals surface area contributed by atoms with E-state index in [9.17, 15) is 4.79 Å². The van der Waals surface area contributed by atoms with Crippen molar-refractivity contribution in [3.05, 3.63) is 40.9 Å². The van der Waals surface area contributed by atoms with Gasteiger partial charge in [-0.3, -0.25) is 4.79 Å². The van der Waals surface area contributed by atoms with Crippen LogP contribution >= 0.6 is 11.6 Å². The summed E-state index contributed by atoms with van der Waals surface area (Å²) in [5.41, 5.74) is 0.737. The smallest absolute Gasteiger partial charge is 0.291 e. The number of likely N-dealkylation sites (N-methyl/N-ethyl adjacent to an activating group) is 1. The van der Waals surface area contributed by atoms with Gasteiger partial charge in [0.05, 0.1) is 10.7 Å².